The van der Waals surface area contributed by atoms with Crippen LogP contribution in [0.15, 0.2) is 72.8 Å². The van der Waals surface area contributed by atoms with E-state index >= 15 is 0 Å². The number of hydrogen-bond acceptors (Lipinski definition) is 4. The van der Waals surface area contributed by atoms with Crippen molar-refractivity contribution in [1.29, 1.82) is 0 Å². The van der Waals surface area contributed by atoms with Crippen LogP contribution in [0.1, 0.15) is 31.4 Å². The van der Waals surface area contributed by atoms with Crippen molar-refractivity contribution in [2.45, 2.75) is 45.3 Å². The van der Waals surface area contributed by atoms with E-state index in [1.54, 1.807) is 24.3 Å². The van der Waals surface area contributed by atoms with Gasteiger partial charge in [-0.2, -0.15) is 0 Å². The Morgan fingerprint density at radius 3 is 2.17 bits per heavy atom. The summed E-state index contributed by atoms with van der Waals surface area (Å²) in [6.45, 7) is 2.99. The first-order chi connectivity index (χ1) is 18.9. The highest BCUT2D eigenvalue weighted by atomic mass is 35.5. The van der Waals surface area contributed by atoms with Gasteiger partial charge in [-0.25, -0.2) is 17.2 Å². The van der Waals surface area contributed by atoms with Crippen LogP contribution in [-0.4, -0.2) is 50.0 Å². The number of sulfonamides is 1. The lowest BCUT2D eigenvalue weighted by atomic mass is 10.0. The minimum atomic E-state index is -4.10. The molecule has 7 nitrogen and oxygen atoms in total. The summed E-state index contributed by atoms with van der Waals surface area (Å²) < 4.78 is 53.7. The molecular formula is C29H32ClF2N3O4S. The summed E-state index contributed by atoms with van der Waals surface area (Å²) in [5, 5.41) is 3.42. The van der Waals surface area contributed by atoms with Gasteiger partial charge >= 0.3 is 0 Å². The molecule has 3 aromatic rings. The van der Waals surface area contributed by atoms with Crippen molar-refractivity contribution in [2.75, 3.05) is 17.1 Å². The van der Waals surface area contributed by atoms with Gasteiger partial charge in [-0.15, -0.1) is 0 Å². The predicted octanol–water partition coefficient (Wildman–Crippen LogP) is 4.94. The largest absolute Gasteiger partial charge is 0.352 e. The number of anilines is 1. The number of carbonyl (C=O) groups excluding carboxylic acids is 2. The maximum atomic E-state index is 14.0. The smallest absolute Gasteiger partial charge is 0.244 e. The van der Waals surface area contributed by atoms with Crippen LogP contribution in [0.3, 0.4) is 0 Å². The molecule has 3 aromatic carbocycles. The van der Waals surface area contributed by atoms with Gasteiger partial charge in [0.2, 0.25) is 21.8 Å². The van der Waals surface area contributed by atoms with Crippen molar-refractivity contribution in [1.82, 2.24) is 10.2 Å². The van der Waals surface area contributed by atoms with Gasteiger partial charge in [0, 0.05) is 30.1 Å². The van der Waals surface area contributed by atoms with Crippen LogP contribution in [-0.2, 0) is 32.6 Å². The second-order valence-corrected chi connectivity index (χ2v) is 11.9. The van der Waals surface area contributed by atoms with E-state index in [1.807, 2.05) is 44.2 Å². The first-order valence-corrected chi connectivity index (χ1v) is 14.9. The van der Waals surface area contributed by atoms with Gasteiger partial charge in [-0.1, -0.05) is 61.0 Å². The SMILES string of the molecule is CC[C@H](C)NC(=O)[C@@H](Cc1ccccc1)N(Cc1ccc(Cl)cc1)C(=O)CN(c1ccc(F)c(F)c1)S(C)(=O)=O. The zero-order valence-electron chi connectivity index (χ0n) is 22.5. The average molecular weight is 592 g/mol. The number of halogens is 3. The van der Waals surface area contributed by atoms with Gasteiger partial charge < -0.3 is 10.2 Å². The van der Waals surface area contributed by atoms with E-state index in [1.165, 1.54) is 4.90 Å². The molecule has 0 aliphatic heterocycles. The molecule has 0 unspecified atom stereocenters. The van der Waals surface area contributed by atoms with Gasteiger partial charge in [0.1, 0.15) is 12.6 Å². The van der Waals surface area contributed by atoms with Crippen LogP contribution in [0.5, 0.6) is 0 Å². The van der Waals surface area contributed by atoms with Crippen LogP contribution in [0.25, 0.3) is 0 Å². The highest BCUT2D eigenvalue weighted by Crippen LogP contribution is 2.23. The van der Waals surface area contributed by atoms with Gasteiger partial charge in [0.25, 0.3) is 0 Å². The number of nitrogens with one attached hydrogen (secondary N) is 1. The fourth-order valence-corrected chi connectivity index (χ4v) is 5.00. The van der Waals surface area contributed by atoms with Crippen LogP contribution in [0.2, 0.25) is 5.02 Å². The highest BCUT2D eigenvalue weighted by molar-refractivity contribution is 7.92. The summed E-state index contributed by atoms with van der Waals surface area (Å²) in [5.41, 5.74) is 1.23. The van der Waals surface area contributed by atoms with Crippen LogP contribution in [0.4, 0.5) is 14.5 Å². The topological polar surface area (TPSA) is 86.8 Å². The van der Waals surface area contributed by atoms with Gasteiger partial charge in [0.15, 0.2) is 11.6 Å². The fraction of sp³-hybridized carbons (Fsp3) is 0.310. The van der Waals surface area contributed by atoms with Crippen LogP contribution >= 0.6 is 11.6 Å². The maximum absolute atomic E-state index is 14.0. The molecule has 0 saturated heterocycles. The summed E-state index contributed by atoms with van der Waals surface area (Å²) in [4.78, 5) is 28.8. The lowest BCUT2D eigenvalue weighted by Gasteiger charge is -2.34. The summed E-state index contributed by atoms with van der Waals surface area (Å²) >= 11 is 6.04. The lowest BCUT2D eigenvalue weighted by molar-refractivity contribution is -0.140. The zero-order chi connectivity index (χ0) is 29.4. The van der Waals surface area contributed by atoms with Gasteiger partial charge in [0.05, 0.1) is 11.9 Å². The molecule has 214 valence electrons. The Labute approximate surface area is 238 Å². The molecule has 0 fully saturated rings. The molecule has 3 rings (SSSR count). The monoisotopic (exact) mass is 591 g/mol. The summed E-state index contributed by atoms with van der Waals surface area (Å²) in [7, 11) is -4.10. The quantitative estimate of drug-likeness (QED) is 0.323. The molecular weight excluding hydrogens is 560 g/mol. The first-order valence-electron chi connectivity index (χ1n) is 12.7. The van der Waals surface area contributed by atoms with E-state index in [0.717, 1.165) is 24.0 Å². The number of carbonyl (C=O) groups is 2. The third kappa shape index (κ3) is 8.50. The van der Waals surface area contributed by atoms with Crippen LogP contribution in [0, 0.1) is 11.6 Å². The van der Waals surface area contributed by atoms with E-state index in [4.69, 9.17) is 11.6 Å². The summed E-state index contributed by atoms with van der Waals surface area (Å²) in [5.74, 6) is -3.52. The number of amides is 2. The zero-order valence-corrected chi connectivity index (χ0v) is 24.1. The molecule has 0 saturated carbocycles. The number of hydrogen-bond donors (Lipinski definition) is 1. The van der Waals surface area contributed by atoms with Crippen molar-refractivity contribution in [3.05, 3.63) is 101 Å². The molecule has 0 aliphatic rings. The minimum absolute atomic E-state index is 0.0309. The summed E-state index contributed by atoms with van der Waals surface area (Å²) in [6.07, 6.45) is 1.68. The average Bonchev–Trinajstić information content (AvgIpc) is 2.91. The summed E-state index contributed by atoms with van der Waals surface area (Å²) in [6, 6.07) is 17.2. The minimum Gasteiger partial charge on any atom is -0.352 e. The maximum Gasteiger partial charge on any atom is 0.244 e. The third-order valence-corrected chi connectivity index (χ3v) is 7.80. The number of rotatable bonds is 12. The van der Waals surface area contributed by atoms with Crippen molar-refractivity contribution in [3.8, 4) is 0 Å². The molecule has 0 heterocycles. The highest BCUT2D eigenvalue weighted by Gasteiger charge is 2.33. The Morgan fingerprint density at radius 2 is 1.60 bits per heavy atom. The molecule has 11 heteroatoms. The standard InChI is InChI=1S/C29H32ClF2N3O4S/c1-4-20(2)33-29(37)27(16-21-8-6-5-7-9-21)34(18-22-10-12-23(30)13-11-22)28(36)19-35(40(3,38)39)24-14-15-25(31)26(32)17-24/h5-15,17,20,27H,4,16,18-19H2,1-3H3,(H,33,37)/t20-,27+/m0/s1. The molecule has 0 radical (unpaired) electrons. The molecule has 0 aromatic heterocycles. The van der Waals surface area contributed by atoms with E-state index in [0.29, 0.717) is 27.4 Å². The Balaban J connectivity index is 2.06. The third-order valence-electron chi connectivity index (χ3n) is 6.41. The predicted molar refractivity (Wildman–Crippen MR) is 152 cm³/mol. The normalized spacial score (nSPS) is 12.8. The van der Waals surface area contributed by atoms with E-state index in [9.17, 15) is 26.8 Å². The molecule has 40 heavy (non-hydrogen) atoms. The molecule has 2 atom stereocenters. The number of benzene rings is 3. The second kappa shape index (κ2) is 13.7. The Kier molecular flexibility index (Phi) is 10.6. The van der Waals surface area contributed by atoms with Crippen LogP contribution < -0.4 is 9.62 Å². The van der Waals surface area contributed by atoms with E-state index in [-0.39, 0.29) is 24.7 Å². The second-order valence-electron chi connectivity index (χ2n) is 9.54. The van der Waals surface area contributed by atoms with Crippen molar-refractivity contribution in [3.63, 3.8) is 0 Å². The van der Waals surface area contributed by atoms with Gasteiger partial charge in [-0.3, -0.25) is 13.9 Å². The Morgan fingerprint density at radius 1 is 0.950 bits per heavy atom. The molecule has 0 aliphatic carbocycles. The van der Waals surface area contributed by atoms with Crippen molar-refractivity contribution < 1.29 is 26.8 Å². The van der Waals surface area contributed by atoms with Gasteiger partial charge in [-0.05, 0) is 48.7 Å². The van der Waals surface area contributed by atoms with Crippen molar-refractivity contribution in [2.24, 2.45) is 0 Å². The van der Waals surface area contributed by atoms with Crippen molar-refractivity contribution >= 4 is 39.1 Å². The number of nitrogens with zero attached hydrogens (tertiary/aromatic N) is 2. The molecule has 2 amide bonds. The fourth-order valence-electron chi connectivity index (χ4n) is 4.04. The Hall–Kier alpha value is -3.50. The van der Waals surface area contributed by atoms with E-state index in [2.05, 4.69) is 5.32 Å². The molecule has 0 bridgehead atoms. The first kappa shape index (κ1) is 31.0. The Bertz CT molecular complexity index is 1420. The lowest BCUT2D eigenvalue weighted by Crippen LogP contribution is -2.54. The molecule has 0 spiro atoms. The van der Waals surface area contributed by atoms with E-state index < -0.39 is 46.1 Å². The molecule has 1 N–H and O–H groups in total.